The largest absolute Gasteiger partial charge is 0.472 e. The minimum Gasteiger partial charge on any atom is -0.462 e. The average Bonchev–Trinajstić information content (AvgIpc) is 1.99. The molecule has 17 nitrogen and oxygen atoms in total. The number of aliphatic hydroxyl groups excluding tert-OH is 1. The standard InChI is InChI=1S/C80H156O17P2/c1-6-9-12-15-18-21-24-27-29-30-31-32-34-41-46-51-56-61-66-80(85)97-76(70-91-78(83)64-59-54-49-44-39-36-35-37-42-47-52-57-62-73(4)5)72-95-99(88,89)93-68-74(81)67-92-98(86,87)94-71-75(69-90-77(82)63-58-53-48-43-38-26-23-20-17-14-11-8-3)96-79(84)65-60-55-50-45-40-33-28-25-22-19-16-13-10-7-2/h73-76,81H,6-72H2,1-5H3,(H,86,87)(H,88,89)/t74-,75+,76+/m0/s1. The first-order valence-corrected chi connectivity index (χ1v) is 44.6. The van der Waals surface area contributed by atoms with Crippen molar-refractivity contribution in [2.75, 3.05) is 39.6 Å². The van der Waals surface area contributed by atoms with Crippen LogP contribution in [0, 0.1) is 5.92 Å². The van der Waals surface area contributed by atoms with Crippen molar-refractivity contribution < 1.29 is 80.2 Å². The molecule has 0 amide bonds. The Labute approximate surface area is 607 Å². The molecule has 588 valence electrons. The third kappa shape index (κ3) is 74.1. The van der Waals surface area contributed by atoms with Crippen LogP contribution in [0.5, 0.6) is 0 Å². The van der Waals surface area contributed by atoms with Crippen LogP contribution in [0.1, 0.15) is 426 Å². The van der Waals surface area contributed by atoms with Crippen LogP contribution in [0.4, 0.5) is 0 Å². The number of unbranched alkanes of at least 4 members (excludes halogenated alkanes) is 52. The van der Waals surface area contributed by atoms with Gasteiger partial charge in [-0.1, -0.05) is 375 Å². The van der Waals surface area contributed by atoms with Crippen LogP contribution in [0.3, 0.4) is 0 Å². The molecule has 19 heteroatoms. The number of phosphoric acid groups is 2. The summed E-state index contributed by atoms with van der Waals surface area (Å²) in [5.74, 6) is -1.32. The lowest BCUT2D eigenvalue weighted by molar-refractivity contribution is -0.161. The molecule has 0 heterocycles. The zero-order valence-corrected chi connectivity index (χ0v) is 66.4. The van der Waals surface area contributed by atoms with Crippen molar-refractivity contribution in [3.05, 3.63) is 0 Å². The lowest BCUT2D eigenvalue weighted by Crippen LogP contribution is -2.30. The van der Waals surface area contributed by atoms with E-state index in [9.17, 15) is 43.2 Å². The molecule has 0 saturated carbocycles. The summed E-state index contributed by atoms with van der Waals surface area (Å²) in [5, 5.41) is 10.6. The molecular weight excluding hydrogens is 1290 g/mol. The summed E-state index contributed by atoms with van der Waals surface area (Å²) < 4.78 is 68.7. The highest BCUT2D eigenvalue weighted by atomic mass is 31.2. The summed E-state index contributed by atoms with van der Waals surface area (Å²) in [4.78, 5) is 73.0. The topological polar surface area (TPSA) is 237 Å². The molecule has 0 rings (SSSR count). The molecule has 0 aliphatic carbocycles. The summed E-state index contributed by atoms with van der Waals surface area (Å²) in [6.45, 7) is 7.35. The third-order valence-corrected chi connectivity index (χ3v) is 20.7. The van der Waals surface area contributed by atoms with Crippen LogP contribution in [0.2, 0.25) is 0 Å². The second-order valence-corrected chi connectivity index (χ2v) is 32.2. The Hall–Kier alpha value is -1.94. The summed E-state index contributed by atoms with van der Waals surface area (Å²) in [5.41, 5.74) is 0. The summed E-state index contributed by atoms with van der Waals surface area (Å²) in [7, 11) is -9.92. The van der Waals surface area contributed by atoms with E-state index in [0.29, 0.717) is 25.7 Å². The van der Waals surface area contributed by atoms with Gasteiger partial charge in [-0.05, 0) is 31.6 Å². The van der Waals surface area contributed by atoms with E-state index in [0.717, 1.165) is 95.8 Å². The van der Waals surface area contributed by atoms with Gasteiger partial charge < -0.3 is 33.8 Å². The number of hydrogen-bond acceptors (Lipinski definition) is 15. The van der Waals surface area contributed by atoms with Gasteiger partial charge in [0.1, 0.15) is 19.3 Å². The van der Waals surface area contributed by atoms with E-state index in [1.165, 1.54) is 250 Å². The van der Waals surface area contributed by atoms with Crippen molar-refractivity contribution in [3.8, 4) is 0 Å². The molecule has 0 aliphatic rings. The molecule has 0 aliphatic heterocycles. The minimum atomic E-state index is -4.96. The lowest BCUT2D eigenvalue weighted by Gasteiger charge is -2.21. The van der Waals surface area contributed by atoms with E-state index in [-0.39, 0.29) is 25.7 Å². The molecule has 0 spiro atoms. The van der Waals surface area contributed by atoms with Crippen LogP contribution in [0.15, 0.2) is 0 Å². The fourth-order valence-corrected chi connectivity index (χ4v) is 14.0. The first-order chi connectivity index (χ1) is 48.0. The predicted octanol–water partition coefficient (Wildman–Crippen LogP) is 24.0. The Bertz CT molecular complexity index is 1890. The van der Waals surface area contributed by atoms with Gasteiger partial charge in [0.15, 0.2) is 12.2 Å². The molecule has 99 heavy (non-hydrogen) atoms. The monoisotopic (exact) mass is 1450 g/mol. The molecular formula is C80H156O17P2. The Morgan fingerprint density at radius 2 is 0.465 bits per heavy atom. The smallest absolute Gasteiger partial charge is 0.462 e. The van der Waals surface area contributed by atoms with Gasteiger partial charge in [-0.15, -0.1) is 0 Å². The summed E-state index contributed by atoms with van der Waals surface area (Å²) in [6.07, 6.45) is 63.6. The van der Waals surface area contributed by atoms with Crippen LogP contribution in [0.25, 0.3) is 0 Å². The van der Waals surface area contributed by atoms with E-state index >= 15 is 0 Å². The van der Waals surface area contributed by atoms with E-state index in [1.54, 1.807) is 0 Å². The summed E-state index contributed by atoms with van der Waals surface area (Å²) in [6, 6.07) is 0. The number of esters is 4. The van der Waals surface area contributed by atoms with E-state index in [1.807, 2.05) is 0 Å². The average molecular weight is 1450 g/mol. The third-order valence-electron chi connectivity index (χ3n) is 18.8. The molecule has 2 unspecified atom stereocenters. The highest BCUT2D eigenvalue weighted by Gasteiger charge is 2.30. The minimum absolute atomic E-state index is 0.109. The first-order valence-electron chi connectivity index (χ1n) is 41.6. The first kappa shape index (κ1) is 97.1. The number of hydrogen-bond donors (Lipinski definition) is 3. The Morgan fingerprint density at radius 3 is 0.687 bits per heavy atom. The van der Waals surface area contributed by atoms with Gasteiger partial charge in [0.25, 0.3) is 0 Å². The molecule has 0 radical (unpaired) electrons. The van der Waals surface area contributed by atoms with E-state index < -0.39 is 97.5 Å². The van der Waals surface area contributed by atoms with Crippen molar-refractivity contribution in [1.82, 2.24) is 0 Å². The van der Waals surface area contributed by atoms with E-state index in [4.69, 9.17) is 37.0 Å². The quantitative estimate of drug-likeness (QED) is 0.0222. The van der Waals surface area contributed by atoms with E-state index in [2.05, 4.69) is 34.6 Å². The normalized spacial score (nSPS) is 13.9. The number of carbonyl (C=O) groups is 4. The second kappa shape index (κ2) is 73.0. The highest BCUT2D eigenvalue weighted by molar-refractivity contribution is 7.47. The van der Waals surface area contributed by atoms with Gasteiger partial charge in [0.05, 0.1) is 26.4 Å². The van der Waals surface area contributed by atoms with Gasteiger partial charge in [-0.2, -0.15) is 0 Å². The van der Waals surface area contributed by atoms with Crippen LogP contribution in [-0.4, -0.2) is 96.7 Å². The Kier molecular flexibility index (Phi) is 71.6. The van der Waals surface area contributed by atoms with Gasteiger partial charge in [0, 0.05) is 25.7 Å². The molecule has 0 bridgehead atoms. The number of carbonyl (C=O) groups excluding carboxylic acids is 4. The molecule has 0 aromatic carbocycles. The van der Waals surface area contributed by atoms with Crippen LogP contribution >= 0.6 is 15.6 Å². The lowest BCUT2D eigenvalue weighted by atomic mass is 10.0. The number of aliphatic hydroxyl groups is 1. The van der Waals surface area contributed by atoms with Crippen molar-refractivity contribution in [2.45, 2.75) is 445 Å². The number of rotatable bonds is 80. The van der Waals surface area contributed by atoms with Gasteiger partial charge in [-0.25, -0.2) is 9.13 Å². The Balaban J connectivity index is 5.26. The van der Waals surface area contributed by atoms with Crippen LogP contribution in [-0.2, 0) is 65.4 Å². The summed E-state index contributed by atoms with van der Waals surface area (Å²) >= 11 is 0. The second-order valence-electron chi connectivity index (χ2n) is 29.3. The number of ether oxygens (including phenoxy) is 4. The molecule has 0 fully saturated rings. The molecule has 3 N–H and O–H groups in total. The molecule has 5 atom stereocenters. The maximum atomic E-state index is 13.1. The van der Waals surface area contributed by atoms with Crippen LogP contribution < -0.4 is 0 Å². The maximum Gasteiger partial charge on any atom is 0.472 e. The fourth-order valence-electron chi connectivity index (χ4n) is 12.4. The van der Waals surface area contributed by atoms with Gasteiger partial charge in [-0.3, -0.25) is 37.3 Å². The zero-order chi connectivity index (χ0) is 72.7. The van der Waals surface area contributed by atoms with Crippen molar-refractivity contribution in [1.29, 1.82) is 0 Å². The van der Waals surface area contributed by atoms with Gasteiger partial charge >= 0.3 is 39.5 Å². The zero-order valence-electron chi connectivity index (χ0n) is 64.6. The Morgan fingerprint density at radius 1 is 0.273 bits per heavy atom. The van der Waals surface area contributed by atoms with Crippen molar-refractivity contribution >= 4 is 39.5 Å². The fraction of sp³-hybridized carbons (Fsp3) is 0.950. The SMILES string of the molecule is CCCCCCCCCCCCCCCCCCCCC(=O)O[C@H](COC(=O)CCCCCCCCCCCCCCC(C)C)COP(=O)(O)OC[C@@H](O)COP(=O)(O)OC[C@@H](COC(=O)CCCCCCCCCCCCCC)OC(=O)CCCCCCCCCCCCCCCC. The molecule has 0 aromatic rings. The van der Waals surface area contributed by atoms with Crippen molar-refractivity contribution in [3.63, 3.8) is 0 Å². The van der Waals surface area contributed by atoms with Gasteiger partial charge in [0.2, 0.25) is 0 Å². The maximum absolute atomic E-state index is 13.1. The molecule has 0 aromatic heterocycles. The molecule has 0 saturated heterocycles. The van der Waals surface area contributed by atoms with Crippen molar-refractivity contribution in [2.24, 2.45) is 5.92 Å². The highest BCUT2D eigenvalue weighted by Crippen LogP contribution is 2.45. The predicted molar refractivity (Wildman–Crippen MR) is 405 cm³/mol. The number of phosphoric ester groups is 2.